The molecule has 8 aromatic rings. The number of nitrogens with zero attached hydrogens (tertiary/aromatic N) is 5. The van der Waals surface area contributed by atoms with Gasteiger partial charge in [0.1, 0.15) is 11.7 Å². The average molecular weight is 851 g/mol. The van der Waals surface area contributed by atoms with Gasteiger partial charge in [0.25, 0.3) is 0 Å². The highest BCUT2D eigenvalue weighted by Gasteiger charge is 2.23. The summed E-state index contributed by atoms with van der Waals surface area (Å²) in [5.41, 5.74) is 9.53. The highest BCUT2D eigenvalue weighted by Crippen LogP contribution is 2.49. The Kier molecular flexibility index (Phi) is 11.7. The zero-order chi connectivity index (χ0) is 42.4. The van der Waals surface area contributed by atoms with Gasteiger partial charge in [-0.2, -0.15) is 0 Å². The molecule has 63 heavy (non-hydrogen) atoms. The van der Waals surface area contributed by atoms with E-state index in [0.29, 0.717) is 24.0 Å². The summed E-state index contributed by atoms with van der Waals surface area (Å²) in [6.07, 6.45) is 9.34. The maximum absolute atomic E-state index is 5.30. The first-order chi connectivity index (χ1) is 31.1. The molecule has 1 aliphatic heterocycles. The van der Waals surface area contributed by atoms with Crippen LogP contribution in [0, 0.1) is 0 Å². The second-order valence-electron chi connectivity index (χ2n) is 15.2. The van der Waals surface area contributed by atoms with Crippen molar-refractivity contribution in [3.8, 4) is 45.0 Å². The molecule has 0 radical (unpaired) electrons. The van der Waals surface area contributed by atoms with Crippen LogP contribution in [0.4, 0.5) is 0 Å². The standard InChI is InChI=1S/C55H42N6S2/c1-56-51(58-55(57-36-37-15-5-2-6-16-37)46-23-14-26-49-50(46)63-48-25-12-11-24-47(48)62-49)45-22-13-21-44(35-45)40-29-27-38(28-30-40)39-31-33-43(34-32-39)54-60-52(41-17-7-3-8-18-41)59-53(61-54)42-19-9-4-10-20-42/h2-19,21-35,42H,20,36H2,1H3,(H,56,57,58). The smallest absolute Gasteiger partial charge is 0.163 e. The van der Waals surface area contributed by atoms with Gasteiger partial charge in [0.05, 0.1) is 6.54 Å². The number of amidine groups is 2. The van der Waals surface area contributed by atoms with E-state index < -0.39 is 0 Å². The van der Waals surface area contributed by atoms with E-state index in [1.54, 1.807) is 23.5 Å². The Morgan fingerprint density at radius 3 is 1.84 bits per heavy atom. The molecule has 0 saturated carbocycles. The van der Waals surface area contributed by atoms with Gasteiger partial charge in [-0.1, -0.05) is 193 Å². The van der Waals surface area contributed by atoms with Crippen LogP contribution in [-0.4, -0.2) is 33.7 Å². The van der Waals surface area contributed by atoms with E-state index in [-0.39, 0.29) is 5.92 Å². The number of rotatable bonds is 9. The fourth-order valence-corrected chi connectivity index (χ4v) is 10.1. The second kappa shape index (κ2) is 18.5. The van der Waals surface area contributed by atoms with E-state index in [9.17, 15) is 0 Å². The molecule has 7 aromatic carbocycles. The molecule has 2 heterocycles. The van der Waals surface area contributed by atoms with Crippen LogP contribution in [0.3, 0.4) is 0 Å². The molecule has 2 aliphatic rings. The average Bonchev–Trinajstić information content (AvgIpc) is 3.36. The highest BCUT2D eigenvalue weighted by atomic mass is 32.2. The van der Waals surface area contributed by atoms with E-state index in [2.05, 4.69) is 169 Å². The van der Waals surface area contributed by atoms with Gasteiger partial charge < -0.3 is 5.32 Å². The summed E-state index contributed by atoms with van der Waals surface area (Å²) in [6, 6.07) is 61.3. The number of aromatic nitrogens is 3. The molecule has 304 valence electrons. The van der Waals surface area contributed by atoms with Gasteiger partial charge in [0, 0.05) is 54.8 Å². The first kappa shape index (κ1) is 40.0. The van der Waals surface area contributed by atoms with Crippen molar-refractivity contribution in [2.75, 3.05) is 7.05 Å². The van der Waals surface area contributed by atoms with Crippen molar-refractivity contribution in [2.24, 2.45) is 9.98 Å². The topological polar surface area (TPSA) is 75.4 Å². The summed E-state index contributed by atoms with van der Waals surface area (Å²) >= 11 is 3.59. The molecule has 0 bridgehead atoms. The molecule has 1 aromatic heterocycles. The van der Waals surface area contributed by atoms with Crippen molar-refractivity contribution in [3.05, 3.63) is 223 Å². The Morgan fingerprint density at radius 2 is 1.16 bits per heavy atom. The third-order valence-corrected chi connectivity index (χ3v) is 13.7. The Hall–Kier alpha value is -7.13. The van der Waals surface area contributed by atoms with Gasteiger partial charge in [-0.25, -0.2) is 19.9 Å². The van der Waals surface area contributed by atoms with Gasteiger partial charge in [-0.3, -0.25) is 4.99 Å². The molecule has 1 atom stereocenters. The number of hydrogen-bond acceptors (Lipinski definition) is 6. The SMILES string of the molecule is CN/C(=N\C(=N/Cc1ccccc1)c1cccc2c1Sc1ccccc1S2)c1cccc(-c2ccc(-c3ccc(-c4nc(-c5ccccc5)nc(C5C=CC=CC5)n4)cc3)cc2)c1. The van der Waals surface area contributed by atoms with Crippen LogP contribution in [0.5, 0.6) is 0 Å². The molecule has 1 unspecified atom stereocenters. The summed E-state index contributed by atoms with van der Waals surface area (Å²) < 4.78 is 0. The lowest BCUT2D eigenvalue weighted by Gasteiger charge is -2.21. The Balaban J connectivity index is 0.922. The maximum Gasteiger partial charge on any atom is 0.163 e. The first-order valence-electron chi connectivity index (χ1n) is 21.0. The number of fused-ring (bicyclic) bond motifs is 2. The minimum absolute atomic E-state index is 0.114. The van der Waals surface area contributed by atoms with Crippen LogP contribution in [-0.2, 0) is 6.54 Å². The summed E-state index contributed by atoms with van der Waals surface area (Å²) in [4.78, 5) is 30.2. The van der Waals surface area contributed by atoms with Crippen LogP contribution in [0.2, 0.25) is 0 Å². The van der Waals surface area contributed by atoms with Crippen molar-refractivity contribution in [1.29, 1.82) is 0 Å². The molecule has 6 nitrogen and oxygen atoms in total. The molecular formula is C55H42N6S2. The zero-order valence-electron chi connectivity index (χ0n) is 34.6. The molecule has 0 saturated heterocycles. The van der Waals surface area contributed by atoms with Crippen LogP contribution in [0.1, 0.15) is 34.9 Å². The van der Waals surface area contributed by atoms with Gasteiger partial charge in [0.2, 0.25) is 0 Å². The number of hydrogen-bond donors (Lipinski definition) is 1. The number of nitrogens with one attached hydrogen (secondary N) is 1. The molecule has 1 aliphatic carbocycles. The summed E-state index contributed by atoms with van der Waals surface area (Å²) in [5.74, 6) is 3.71. The van der Waals surface area contributed by atoms with Crippen LogP contribution in [0.15, 0.2) is 230 Å². The molecule has 0 amide bonds. The lowest BCUT2D eigenvalue weighted by molar-refractivity contribution is 0.764. The largest absolute Gasteiger partial charge is 0.373 e. The van der Waals surface area contributed by atoms with Gasteiger partial charge in [-0.15, -0.1) is 0 Å². The molecule has 8 heteroatoms. The maximum atomic E-state index is 5.30. The van der Waals surface area contributed by atoms with Gasteiger partial charge >= 0.3 is 0 Å². The van der Waals surface area contributed by atoms with Gasteiger partial charge in [-0.05, 0) is 64.6 Å². The first-order valence-corrected chi connectivity index (χ1v) is 22.7. The fourth-order valence-electron chi connectivity index (χ4n) is 7.71. The molecule has 1 N–H and O–H groups in total. The van der Waals surface area contributed by atoms with Crippen LogP contribution >= 0.6 is 23.5 Å². The van der Waals surface area contributed by atoms with Crippen molar-refractivity contribution in [1.82, 2.24) is 20.3 Å². The summed E-state index contributed by atoms with van der Waals surface area (Å²) in [5, 5.41) is 3.41. The predicted octanol–water partition coefficient (Wildman–Crippen LogP) is 13.4. The zero-order valence-corrected chi connectivity index (χ0v) is 36.2. The third kappa shape index (κ3) is 8.96. The lowest BCUT2D eigenvalue weighted by atomic mass is 9.98. The number of benzene rings is 7. The van der Waals surface area contributed by atoms with Crippen molar-refractivity contribution < 1.29 is 0 Å². The monoisotopic (exact) mass is 850 g/mol. The minimum Gasteiger partial charge on any atom is -0.373 e. The lowest BCUT2D eigenvalue weighted by Crippen LogP contribution is -2.22. The van der Waals surface area contributed by atoms with Crippen molar-refractivity contribution in [3.63, 3.8) is 0 Å². The molecular weight excluding hydrogens is 809 g/mol. The van der Waals surface area contributed by atoms with E-state index in [4.69, 9.17) is 24.9 Å². The van der Waals surface area contributed by atoms with Crippen molar-refractivity contribution in [2.45, 2.75) is 38.5 Å². The summed E-state index contributed by atoms with van der Waals surface area (Å²) in [6.45, 7) is 0.522. The minimum atomic E-state index is 0.114. The van der Waals surface area contributed by atoms with Crippen LogP contribution in [0.25, 0.3) is 45.0 Å². The van der Waals surface area contributed by atoms with E-state index in [1.165, 1.54) is 19.6 Å². The molecule has 0 spiro atoms. The van der Waals surface area contributed by atoms with Crippen molar-refractivity contribution >= 4 is 35.2 Å². The normalized spacial score (nSPS) is 14.5. The fraction of sp³-hybridized carbons (Fsp3) is 0.0727. The number of allylic oxidation sites excluding steroid dienone is 4. The Bertz CT molecular complexity index is 3030. The van der Waals surface area contributed by atoms with E-state index in [1.807, 2.05) is 43.4 Å². The van der Waals surface area contributed by atoms with E-state index >= 15 is 0 Å². The highest BCUT2D eigenvalue weighted by molar-refractivity contribution is 8.05. The van der Waals surface area contributed by atoms with E-state index in [0.717, 1.165) is 68.2 Å². The van der Waals surface area contributed by atoms with Gasteiger partial charge in [0.15, 0.2) is 17.5 Å². The molecule has 0 fully saturated rings. The molecule has 10 rings (SSSR count). The Morgan fingerprint density at radius 1 is 0.571 bits per heavy atom. The second-order valence-corrected chi connectivity index (χ2v) is 17.4. The summed E-state index contributed by atoms with van der Waals surface area (Å²) in [7, 11) is 1.93. The Labute approximate surface area is 376 Å². The quantitative estimate of drug-likeness (QED) is 0.115. The van der Waals surface area contributed by atoms with Crippen LogP contribution < -0.4 is 5.32 Å². The third-order valence-electron chi connectivity index (χ3n) is 11.0. The number of aliphatic imine (C=N–C) groups is 2. The predicted molar refractivity (Wildman–Crippen MR) is 261 cm³/mol.